The molecule has 0 spiro atoms. The smallest absolute Gasteiger partial charge is 0.213 e. The molecule has 0 aliphatic carbocycles. The average molecular weight is 259 g/mol. The molecule has 0 nitrogen and oxygen atoms in total. The molecule has 11 heavy (non-hydrogen) atoms. The number of halogens is 7. The van der Waals surface area contributed by atoms with Gasteiger partial charge in [-0.25, -0.2) is 4.39 Å². The van der Waals surface area contributed by atoms with E-state index in [9.17, 15) is 22.0 Å². The monoisotopic (exact) mass is 258 g/mol. The van der Waals surface area contributed by atoms with E-state index < -0.39 is 22.1 Å². The topological polar surface area (TPSA) is 0 Å². The van der Waals surface area contributed by atoms with E-state index in [0.29, 0.717) is 0 Å². The van der Waals surface area contributed by atoms with Crippen molar-refractivity contribution in [3.05, 3.63) is 12.2 Å². The third kappa shape index (κ3) is 3.37. The Balaban J connectivity index is 4.61. The summed E-state index contributed by atoms with van der Waals surface area (Å²) < 4.78 is 58.5. The van der Waals surface area contributed by atoms with Crippen LogP contribution >= 0.6 is 27.5 Å². The summed E-state index contributed by atoms with van der Waals surface area (Å²) in [7, 11) is 0. The fourth-order valence-corrected chi connectivity index (χ4v) is 0.416. The summed E-state index contributed by atoms with van der Waals surface area (Å²) in [6, 6.07) is 0. The lowest BCUT2D eigenvalue weighted by molar-refractivity contribution is 0.0197. The zero-order valence-electron chi connectivity index (χ0n) is 4.72. The zero-order valence-corrected chi connectivity index (χ0v) is 7.07. The number of hydrogen-bond donors (Lipinski definition) is 0. The largest absolute Gasteiger partial charge is 0.352 e. The zero-order chi connectivity index (χ0) is 9.28. The van der Waals surface area contributed by atoms with Crippen LogP contribution in [0.15, 0.2) is 12.2 Å². The molecule has 0 saturated heterocycles. The van der Waals surface area contributed by atoms with E-state index in [-0.39, 0.29) is 0 Å². The summed E-state index contributed by atoms with van der Waals surface area (Å²) in [5.74, 6) is 0. The Labute approximate surface area is 72.1 Å². The Morgan fingerprint density at radius 3 is 1.73 bits per heavy atom. The minimum Gasteiger partial charge on any atom is -0.213 e. The van der Waals surface area contributed by atoms with Crippen molar-refractivity contribution in [3.63, 3.8) is 0 Å². The molecule has 0 aromatic carbocycles. The van der Waals surface area contributed by atoms with Gasteiger partial charge in [-0.3, -0.25) is 0 Å². The second-order valence-electron chi connectivity index (χ2n) is 1.55. The van der Waals surface area contributed by atoms with Gasteiger partial charge < -0.3 is 0 Å². The molecule has 0 radical (unpaired) electrons. The fraction of sp³-hybridized carbons (Fsp3) is 0.500. The molecule has 0 heterocycles. The highest BCUT2D eigenvalue weighted by Crippen LogP contribution is 2.42. The molecule has 0 N–H and O–H groups in total. The van der Waals surface area contributed by atoms with Crippen molar-refractivity contribution in [3.8, 4) is 0 Å². The third-order valence-electron chi connectivity index (χ3n) is 0.668. The number of alkyl halides is 5. The minimum absolute atomic E-state index is 0.677. The lowest BCUT2D eigenvalue weighted by Crippen LogP contribution is -2.31. The lowest BCUT2D eigenvalue weighted by atomic mass is 10.4. The Kier molecular flexibility index (Phi) is 3.31. The predicted molar refractivity (Wildman–Crippen MR) is 33.9 cm³/mol. The lowest BCUT2D eigenvalue weighted by Gasteiger charge is -2.18. The first-order chi connectivity index (χ1) is 4.67. The predicted octanol–water partition coefficient (Wildman–Crippen LogP) is 3.66. The second-order valence-corrected chi connectivity index (χ2v) is 3.10. The van der Waals surface area contributed by atoms with Crippen LogP contribution in [0.3, 0.4) is 0 Å². The van der Waals surface area contributed by atoms with Crippen molar-refractivity contribution in [2.75, 3.05) is 0 Å². The Hall–Kier alpha value is 0.160. The molecule has 0 saturated carbocycles. The van der Waals surface area contributed by atoms with E-state index in [1.54, 1.807) is 0 Å². The van der Waals surface area contributed by atoms with Gasteiger partial charge in [0.25, 0.3) is 11.2 Å². The molecule has 0 fully saturated rings. The summed E-state index contributed by atoms with van der Waals surface area (Å²) in [4.78, 5) is -4.22. The maximum Gasteiger partial charge on any atom is 0.352 e. The Morgan fingerprint density at radius 2 is 1.64 bits per heavy atom. The molecule has 66 valence electrons. The van der Waals surface area contributed by atoms with E-state index in [4.69, 9.17) is 0 Å². The van der Waals surface area contributed by atoms with Crippen LogP contribution in [-0.2, 0) is 0 Å². The van der Waals surface area contributed by atoms with Crippen LogP contribution in [0, 0.1) is 0 Å². The summed E-state index contributed by atoms with van der Waals surface area (Å²) >= 11 is 5.90. The summed E-state index contributed by atoms with van der Waals surface area (Å²) in [5, 5.41) is -3.90. The summed E-state index contributed by atoms with van der Waals surface area (Å²) in [5.41, 5.74) is 0. The van der Waals surface area contributed by atoms with Gasteiger partial charge >= 0.3 is 4.83 Å². The van der Waals surface area contributed by atoms with Gasteiger partial charge in [-0.05, 0) is 15.9 Å². The van der Waals surface area contributed by atoms with Crippen molar-refractivity contribution in [1.29, 1.82) is 0 Å². The quantitative estimate of drug-likeness (QED) is 0.524. The van der Waals surface area contributed by atoms with E-state index in [1.165, 1.54) is 15.9 Å². The normalized spacial score (nSPS) is 17.4. The van der Waals surface area contributed by atoms with Crippen LogP contribution in [0.2, 0.25) is 0 Å². The number of allylic oxidation sites excluding steroid dienone is 1. The second kappa shape index (κ2) is 3.26. The Morgan fingerprint density at radius 1 is 1.27 bits per heavy atom. The number of hydrogen-bond acceptors (Lipinski definition) is 0. The van der Waals surface area contributed by atoms with E-state index in [0.717, 1.165) is 0 Å². The first-order valence-electron chi connectivity index (χ1n) is 2.15. The molecule has 0 aliphatic heterocycles. The van der Waals surface area contributed by atoms with Gasteiger partial charge in [-0.15, -0.1) is 0 Å². The highest BCUT2D eigenvalue weighted by Gasteiger charge is 2.51. The van der Waals surface area contributed by atoms with Crippen LogP contribution < -0.4 is 0 Å². The van der Waals surface area contributed by atoms with Crippen LogP contribution in [0.1, 0.15) is 0 Å². The van der Waals surface area contributed by atoms with Crippen LogP contribution in [-0.4, -0.2) is 9.96 Å². The van der Waals surface area contributed by atoms with Crippen molar-refractivity contribution >= 4 is 27.5 Å². The maximum absolute atomic E-state index is 12.3. The van der Waals surface area contributed by atoms with Crippen LogP contribution in [0.25, 0.3) is 0 Å². The van der Waals surface area contributed by atoms with E-state index in [1.807, 2.05) is 0 Å². The van der Waals surface area contributed by atoms with Gasteiger partial charge in [0.15, 0.2) is 0 Å². The van der Waals surface area contributed by atoms with Crippen molar-refractivity contribution in [1.82, 2.24) is 0 Å². The van der Waals surface area contributed by atoms with E-state index >= 15 is 0 Å². The SMILES string of the molecule is FC(F)=CC(F)(Cl)C(F)(F)Br. The molecule has 0 bridgehead atoms. The van der Waals surface area contributed by atoms with Crippen molar-refractivity contribution in [2.45, 2.75) is 9.96 Å². The highest BCUT2D eigenvalue weighted by molar-refractivity contribution is 9.10. The average Bonchev–Trinajstić information content (AvgIpc) is 1.56. The third-order valence-corrected chi connectivity index (χ3v) is 1.82. The summed E-state index contributed by atoms with van der Waals surface area (Å²) in [6.45, 7) is 0. The van der Waals surface area contributed by atoms with Gasteiger partial charge in [0.05, 0.1) is 0 Å². The van der Waals surface area contributed by atoms with Gasteiger partial charge in [-0.1, -0.05) is 11.6 Å². The highest BCUT2D eigenvalue weighted by atomic mass is 79.9. The van der Waals surface area contributed by atoms with Crippen LogP contribution in [0.5, 0.6) is 0 Å². The molecule has 7 heteroatoms. The molecule has 0 amide bonds. The number of rotatable bonds is 2. The molecular weight excluding hydrogens is 258 g/mol. The minimum atomic E-state index is -4.22. The van der Waals surface area contributed by atoms with E-state index in [2.05, 4.69) is 11.6 Å². The molecule has 0 aliphatic rings. The Bertz CT molecular complexity index is 168. The molecular formula is C4HBrClF5. The first-order valence-corrected chi connectivity index (χ1v) is 3.32. The van der Waals surface area contributed by atoms with Gasteiger partial charge in [0, 0.05) is 6.08 Å². The molecule has 0 aromatic rings. The standard InChI is InChI=1S/C4HBrClF5/c5-4(10,11)3(6,9)1-2(7)8/h1H. The molecule has 1 atom stereocenters. The van der Waals surface area contributed by atoms with Crippen LogP contribution in [0.4, 0.5) is 22.0 Å². The van der Waals surface area contributed by atoms with Gasteiger partial charge in [0.2, 0.25) is 0 Å². The molecule has 0 aromatic heterocycles. The van der Waals surface area contributed by atoms with Gasteiger partial charge in [-0.2, -0.15) is 17.6 Å². The fourth-order valence-electron chi connectivity index (χ4n) is 0.219. The van der Waals surface area contributed by atoms with Crippen molar-refractivity contribution in [2.24, 2.45) is 0 Å². The molecule has 1 unspecified atom stereocenters. The summed E-state index contributed by atoms with van der Waals surface area (Å²) in [6.07, 6.45) is -3.29. The first kappa shape index (κ1) is 11.2. The van der Waals surface area contributed by atoms with Crippen molar-refractivity contribution < 1.29 is 22.0 Å². The molecule has 0 rings (SSSR count). The maximum atomic E-state index is 12.3. The van der Waals surface area contributed by atoms with Gasteiger partial charge in [0.1, 0.15) is 0 Å².